The third-order valence-electron chi connectivity index (χ3n) is 2.64. The van der Waals surface area contributed by atoms with Crippen LogP contribution in [-0.2, 0) is 6.54 Å². The molecule has 0 amide bonds. The van der Waals surface area contributed by atoms with Crippen LogP contribution in [-0.4, -0.2) is 19.6 Å². The normalized spacial score (nSPS) is 10.8. The van der Waals surface area contributed by atoms with E-state index in [2.05, 4.69) is 20.4 Å². The first-order chi connectivity index (χ1) is 9.24. The highest BCUT2D eigenvalue weighted by Crippen LogP contribution is 2.18. The number of nitrogens with zero attached hydrogens (tertiary/aromatic N) is 4. The molecule has 0 aliphatic carbocycles. The average molecular weight is 294 g/mol. The van der Waals surface area contributed by atoms with Crippen LogP contribution in [0.25, 0.3) is 5.78 Å². The van der Waals surface area contributed by atoms with Crippen molar-refractivity contribution < 1.29 is 0 Å². The van der Waals surface area contributed by atoms with E-state index >= 15 is 0 Å². The average Bonchev–Trinajstić information content (AvgIpc) is 2.85. The summed E-state index contributed by atoms with van der Waals surface area (Å²) in [5, 5.41) is 8.38. The van der Waals surface area contributed by atoms with Crippen molar-refractivity contribution in [2.24, 2.45) is 0 Å². The van der Waals surface area contributed by atoms with Crippen LogP contribution in [0.3, 0.4) is 0 Å². The first kappa shape index (κ1) is 12.2. The lowest BCUT2D eigenvalue weighted by Gasteiger charge is -2.09. The van der Waals surface area contributed by atoms with Gasteiger partial charge in [0, 0.05) is 17.6 Å². The second-order valence-electron chi connectivity index (χ2n) is 3.88. The van der Waals surface area contributed by atoms with Gasteiger partial charge in [-0.15, -0.1) is 0 Å². The highest BCUT2D eigenvalue weighted by molar-refractivity contribution is 6.31. The van der Waals surface area contributed by atoms with Gasteiger partial charge in [0.1, 0.15) is 17.3 Å². The van der Waals surface area contributed by atoms with Crippen molar-refractivity contribution in [2.45, 2.75) is 6.54 Å². The van der Waals surface area contributed by atoms with Gasteiger partial charge in [0.05, 0.1) is 0 Å². The van der Waals surface area contributed by atoms with Crippen LogP contribution in [0.5, 0.6) is 0 Å². The third-order valence-corrected chi connectivity index (χ3v) is 3.20. The molecule has 0 aliphatic rings. The van der Waals surface area contributed by atoms with Gasteiger partial charge in [-0.3, -0.25) is 0 Å². The molecule has 0 aliphatic heterocycles. The number of rotatable bonds is 3. The van der Waals surface area contributed by atoms with E-state index in [-0.39, 0.29) is 0 Å². The van der Waals surface area contributed by atoms with Crippen molar-refractivity contribution >= 4 is 34.8 Å². The molecule has 2 heterocycles. The molecule has 3 rings (SSSR count). The number of fused-ring (bicyclic) bond motifs is 1. The van der Waals surface area contributed by atoms with Crippen LogP contribution in [0.1, 0.15) is 5.56 Å². The highest BCUT2D eigenvalue weighted by Gasteiger charge is 2.06. The number of hydrogen-bond acceptors (Lipinski definition) is 4. The van der Waals surface area contributed by atoms with Crippen LogP contribution < -0.4 is 5.32 Å². The van der Waals surface area contributed by atoms with Gasteiger partial charge in [0.2, 0.25) is 0 Å². The number of benzene rings is 1. The molecule has 2 aromatic heterocycles. The summed E-state index contributed by atoms with van der Waals surface area (Å²) >= 11 is 12.0. The van der Waals surface area contributed by atoms with Crippen molar-refractivity contribution in [2.75, 3.05) is 5.32 Å². The highest BCUT2D eigenvalue weighted by atomic mass is 35.5. The van der Waals surface area contributed by atoms with Crippen molar-refractivity contribution in [1.29, 1.82) is 0 Å². The monoisotopic (exact) mass is 293 g/mol. The van der Waals surface area contributed by atoms with Crippen LogP contribution >= 0.6 is 23.2 Å². The lowest BCUT2D eigenvalue weighted by atomic mass is 10.2. The lowest BCUT2D eigenvalue weighted by molar-refractivity contribution is 0.925. The van der Waals surface area contributed by atoms with Crippen molar-refractivity contribution in [1.82, 2.24) is 19.6 Å². The van der Waals surface area contributed by atoms with Crippen LogP contribution in [0.4, 0.5) is 5.82 Å². The molecular weight excluding hydrogens is 285 g/mol. The van der Waals surface area contributed by atoms with E-state index in [0.29, 0.717) is 28.3 Å². The van der Waals surface area contributed by atoms with Gasteiger partial charge in [-0.1, -0.05) is 41.4 Å². The van der Waals surface area contributed by atoms with Crippen LogP contribution in [0.15, 0.2) is 36.7 Å². The second-order valence-corrected chi connectivity index (χ2v) is 4.68. The number of hydrogen-bond donors (Lipinski definition) is 1. The summed E-state index contributed by atoms with van der Waals surface area (Å²) in [6.45, 7) is 0.564. The Bertz CT molecular complexity index is 725. The Labute approximate surface area is 119 Å². The molecule has 0 bridgehead atoms. The summed E-state index contributed by atoms with van der Waals surface area (Å²) in [4.78, 5) is 8.06. The van der Waals surface area contributed by atoms with Gasteiger partial charge in [-0.25, -0.2) is 0 Å². The topological polar surface area (TPSA) is 55.1 Å². The summed E-state index contributed by atoms with van der Waals surface area (Å²) < 4.78 is 1.59. The van der Waals surface area contributed by atoms with Gasteiger partial charge in [0.25, 0.3) is 5.78 Å². The van der Waals surface area contributed by atoms with Gasteiger partial charge >= 0.3 is 0 Å². The number of halogens is 2. The molecule has 96 valence electrons. The Balaban J connectivity index is 1.90. The minimum absolute atomic E-state index is 0.363. The van der Waals surface area contributed by atoms with Gasteiger partial charge < -0.3 is 5.32 Å². The zero-order valence-corrected chi connectivity index (χ0v) is 11.2. The second kappa shape index (κ2) is 5.03. The Morgan fingerprint density at radius 1 is 1.21 bits per heavy atom. The molecular formula is C12H9Cl2N5. The molecule has 0 atom stereocenters. The number of anilines is 1. The Morgan fingerprint density at radius 3 is 2.89 bits per heavy atom. The molecule has 5 nitrogen and oxygen atoms in total. The maximum absolute atomic E-state index is 6.11. The van der Waals surface area contributed by atoms with Crippen molar-refractivity contribution in [3.63, 3.8) is 0 Å². The molecule has 7 heteroatoms. The number of nitrogens with one attached hydrogen (secondary N) is 1. The molecule has 1 aromatic carbocycles. The van der Waals surface area contributed by atoms with E-state index in [1.165, 1.54) is 6.33 Å². The predicted octanol–water partition coefficient (Wildman–Crippen LogP) is 3.04. The van der Waals surface area contributed by atoms with E-state index in [0.717, 1.165) is 5.56 Å². The van der Waals surface area contributed by atoms with E-state index in [9.17, 15) is 0 Å². The minimum Gasteiger partial charge on any atom is -0.366 e. The maximum Gasteiger partial charge on any atom is 0.255 e. The molecule has 0 saturated heterocycles. The Morgan fingerprint density at radius 2 is 2.05 bits per heavy atom. The summed E-state index contributed by atoms with van der Waals surface area (Å²) in [5.74, 6) is 1.17. The third kappa shape index (κ3) is 2.47. The van der Waals surface area contributed by atoms with Gasteiger partial charge in [-0.05, 0) is 11.6 Å². The zero-order valence-electron chi connectivity index (χ0n) is 9.72. The summed E-state index contributed by atoms with van der Waals surface area (Å²) in [6.07, 6.45) is 1.43. The fourth-order valence-electron chi connectivity index (χ4n) is 1.74. The van der Waals surface area contributed by atoms with E-state index in [1.54, 1.807) is 10.6 Å². The molecule has 0 fully saturated rings. The SMILES string of the molecule is Clc1cc(NCc2ccccc2Cl)n2ncnc2n1. The Hall–Kier alpha value is -1.85. The van der Waals surface area contributed by atoms with E-state index in [4.69, 9.17) is 23.2 Å². The van der Waals surface area contributed by atoms with Crippen molar-refractivity contribution in [3.8, 4) is 0 Å². The smallest absolute Gasteiger partial charge is 0.255 e. The maximum atomic E-state index is 6.11. The predicted molar refractivity (Wildman–Crippen MR) is 74.6 cm³/mol. The van der Waals surface area contributed by atoms with Gasteiger partial charge in [0.15, 0.2) is 0 Å². The first-order valence-corrected chi connectivity index (χ1v) is 6.33. The minimum atomic E-state index is 0.363. The quantitative estimate of drug-likeness (QED) is 0.754. The van der Waals surface area contributed by atoms with Crippen LogP contribution in [0.2, 0.25) is 10.2 Å². The summed E-state index contributed by atoms with van der Waals surface area (Å²) in [5.41, 5.74) is 0.991. The number of aromatic nitrogens is 4. The largest absolute Gasteiger partial charge is 0.366 e. The molecule has 0 spiro atoms. The van der Waals surface area contributed by atoms with E-state index in [1.807, 2.05) is 24.3 Å². The molecule has 3 aromatic rings. The molecule has 1 N–H and O–H groups in total. The standard InChI is InChI=1S/C12H9Cl2N5/c13-9-4-2-1-3-8(9)6-15-11-5-10(14)18-12-16-7-17-19(11)12/h1-5,7,15H,6H2. The lowest BCUT2D eigenvalue weighted by Crippen LogP contribution is -2.06. The van der Waals surface area contributed by atoms with E-state index < -0.39 is 0 Å². The molecule has 19 heavy (non-hydrogen) atoms. The first-order valence-electron chi connectivity index (χ1n) is 5.57. The molecule has 0 unspecified atom stereocenters. The zero-order chi connectivity index (χ0) is 13.2. The fourth-order valence-corrected chi connectivity index (χ4v) is 2.12. The fraction of sp³-hybridized carbons (Fsp3) is 0.0833. The summed E-state index contributed by atoms with van der Waals surface area (Å²) in [7, 11) is 0. The Kier molecular flexibility index (Phi) is 3.23. The van der Waals surface area contributed by atoms with Crippen LogP contribution in [0, 0.1) is 0 Å². The molecule has 0 radical (unpaired) electrons. The summed E-state index contributed by atoms with van der Waals surface area (Å²) in [6, 6.07) is 9.33. The van der Waals surface area contributed by atoms with Crippen molar-refractivity contribution in [3.05, 3.63) is 52.4 Å². The van der Waals surface area contributed by atoms with Gasteiger partial charge in [-0.2, -0.15) is 19.6 Å². The molecule has 0 saturated carbocycles.